The second-order valence-electron chi connectivity index (χ2n) is 5.17. The van der Waals surface area contributed by atoms with Crippen LogP contribution in [0, 0.1) is 5.82 Å². The maximum atomic E-state index is 14.1. The Balaban J connectivity index is 2.33. The molecule has 0 aromatic heterocycles. The fourth-order valence-electron chi connectivity index (χ4n) is 2.68. The van der Waals surface area contributed by atoms with Crippen LogP contribution in [0.25, 0.3) is 6.08 Å². The van der Waals surface area contributed by atoms with Gasteiger partial charge in [0.05, 0.1) is 5.56 Å². The molecular formula is C14H12BFNO6S+. The quantitative estimate of drug-likeness (QED) is 0.610. The van der Waals surface area contributed by atoms with Gasteiger partial charge in [-0.2, -0.15) is 12.2 Å². The average Bonchev–Trinajstić information content (AvgIpc) is 2.89. The molecule has 0 spiro atoms. The molecule has 1 atom stereocenters. The fraction of sp³-hybridized carbons (Fsp3) is 0. The van der Waals surface area contributed by atoms with Crippen molar-refractivity contribution in [2.24, 2.45) is 0 Å². The molecule has 1 unspecified atom stereocenters. The molecule has 0 fully saturated rings. The Labute approximate surface area is 137 Å². The first-order valence-corrected chi connectivity index (χ1v) is 8.16. The van der Waals surface area contributed by atoms with Gasteiger partial charge in [-0.3, -0.25) is 0 Å². The Kier molecular flexibility index (Phi) is 3.64. The van der Waals surface area contributed by atoms with Crippen molar-refractivity contribution in [2.45, 2.75) is 4.90 Å². The van der Waals surface area contributed by atoms with Crippen LogP contribution >= 0.6 is 0 Å². The molecule has 1 aliphatic rings. The molecule has 0 saturated carbocycles. The van der Waals surface area contributed by atoms with E-state index >= 15 is 0 Å². The zero-order valence-corrected chi connectivity index (χ0v) is 12.9. The van der Waals surface area contributed by atoms with Gasteiger partial charge in [-0.05, 0) is 24.3 Å². The number of aromatic hydroxyl groups is 2. The molecule has 0 aliphatic carbocycles. The number of nitrogens with zero attached hydrogens (tertiary/aromatic N) is 1. The van der Waals surface area contributed by atoms with E-state index in [2.05, 4.69) is 0 Å². The van der Waals surface area contributed by atoms with Gasteiger partial charge in [0, 0.05) is 12.1 Å². The normalized spacial score (nSPS) is 19.3. The lowest BCUT2D eigenvalue weighted by Gasteiger charge is -2.30. The van der Waals surface area contributed by atoms with Crippen LogP contribution in [0.5, 0.6) is 11.5 Å². The Morgan fingerprint density at radius 3 is 2.42 bits per heavy atom. The molecule has 2 aromatic rings. The van der Waals surface area contributed by atoms with E-state index in [9.17, 15) is 33.1 Å². The second-order valence-corrected chi connectivity index (χ2v) is 7.17. The number of phenolic OH excluding ortho intramolecular Hbond substituents is 2. The largest absolute Gasteiger partial charge is 0.780 e. The predicted octanol–water partition coefficient (Wildman–Crippen LogP) is 0.887. The van der Waals surface area contributed by atoms with Crippen LogP contribution < -0.4 is 3.80 Å². The zero-order valence-electron chi connectivity index (χ0n) is 12.0. The van der Waals surface area contributed by atoms with Crippen LogP contribution in [-0.4, -0.2) is 35.9 Å². The number of hydrogen-bond donors (Lipinski definition) is 4. The van der Waals surface area contributed by atoms with Crippen molar-refractivity contribution in [1.29, 1.82) is 0 Å². The molecule has 2 aromatic carbocycles. The molecule has 1 aliphatic heterocycles. The number of fused-ring (bicyclic) bond motifs is 1. The standard InChI is InChI=1S/C14H11BFNO6S/c16-11-8-9(18)4-5-14(11)24(22,23)17(15(20)21)7-6-10-12(17)2-1-3-13(10)19/h1-8,20-21H,(H-,18,19)/p+1. The van der Waals surface area contributed by atoms with E-state index in [0.29, 0.717) is 6.07 Å². The number of hydrogen-bond acceptors (Lipinski definition) is 6. The monoisotopic (exact) mass is 352 g/mol. The molecule has 124 valence electrons. The van der Waals surface area contributed by atoms with E-state index in [1.165, 1.54) is 24.3 Å². The summed E-state index contributed by atoms with van der Waals surface area (Å²) in [5.74, 6) is -1.97. The van der Waals surface area contributed by atoms with E-state index in [4.69, 9.17) is 0 Å². The minimum Gasteiger partial charge on any atom is -0.508 e. The highest BCUT2D eigenvalue weighted by Crippen LogP contribution is 2.45. The SMILES string of the molecule is O=S(=O)(c1ccc(O)cc1F)[N+]1(B(O)O)C=Cc2c(O)cccc21. The first-order chi connectivity index (χ1) is 11.2. The van der Waals surface area contributed by atoms with Crippen molar-refractivity contribution in [3.8, 4) is 11.5 Å². The lowest BCUT2D eigenvalue weighted by Crippen LogP contribution is -2.59. The van der Waals surface area contributed by atoms with Gasteiger partial charge in [-0.1, -0.05) is 6.07 Å². The zero-order chi connectivity index (χ0) is 17.7. The van der Waals surface area contributed by atoms with Crippen LogP contribution in [0.3, 0.4) is 0 Å². The highest BCUT2D eigenvalue weighted by atomic mass is 32.2. The van der Waals surface area contributed by atoms with Crippen molar-refractivity contribution >= 4 is 29.0 Å². The van der Waals surface area contributed by atoms with Crippen LogP contribution in [0.15, 0.2) is 47.5 Å². The lowest BCUT2D eigenvalue weighted by molar-refractivity contribution is 0.358. The van der Waals surface area contributed by atoms with Crippen LogP contribution in [-0.2, 0) is 10.0 Å². The minimum atomic E-state index is -4.72. The van der Waals surface area contributed by atoms with Crippen molar-refractivity contribution in [2.75, 3.05) is 0 Å². The van der Waals surface area contributed by atoms with Gasteiger partial charge >= 0.3 is 17.3 Å². The van der Waals surface area contributed by atoms with Gasteiger partial charge in [-0.15, -0.1) is 0 Å². The highest BCUT2D eigenvalue weighted by Gasteiger charge is 2.59. The maximum Gasteiger partial charge on any atom is 0.780 e. The molecule has 0 amide bonds. The summed E-state index contributed by atoms with van der Waals surface area (Å²) in [7, 11) is -7.19. The van der Waals surface area contributed by atoms with Gasteiger partial charge in [-0.25, -0.2) is 4.39 Å². The molecular weight excluding hydrogens is 340 g/mol. The van der Waals surface area contributed by atoms with Crippen LogP contribution in [0.2, 0.25) is 0 Å². The Morgan fingerprint density at radius 2 is 1.79 bits per heavy atom. The molecule has 24 heavy (non-hydrogen) atoms. The molecule has 0 bridgehead atoms. The summed E-state index contributed by atoms with van der Waals surface area (Å²) in [6.45, 7) is 0. The summed E-state index contributed by atoms with van der Waals surface area (Å²) < 4.78 is 38.6. The molecule has 4 N–H and O–H groups in total. The van der Waals surface area contributed by atoms with E-state index in [-0.39, 0.29) is 17.0 Å². The summed E-state index contributed by atoms with van der Waals surface area (Å²) in [5, 5.41) is 38.7. The topological polar surface area (TPSA) is 115 Å². The van der Waals surface area contributed by atoms with Gasteiger partial charge in [0.1, 0.15) is 23.4 Å². The number of phenols is 2. The molecule has 10 heteroatoms. The third-order valence-electron chi connectivity index (χ3n) is 3.83. The lowest BCUT2D eigenvalue weighted by atomic mass is 10.0. The summed E-state index contributed by atoms with van der Waals surface area (Å²) in [6, 6.07) is 6.33. The summed E-state index contributed by atoms with van der Waals surface area (Å²) in [6.07, 6.45) is 2.15. The Bertz CT molecular complexity index is 962. The van der Waals surface area contributed by atoms with Crippen LogP contribution in [0.4, 0.5) is 10.1 Å². The average molecular weight is 352 g/mol. The third kappa shape index (κ3) is 2.05. The Morgan fingerprint density at radius 1 is 1.08 bits per heavy atom. The van der Waals surface area contributed by atoms with Crippen molar-refractivity contribution in [3.05, 3.63) is 54.0 Å². The Hall–Kier alpha value is -2.40. The van der Waals surface area contributed by atoms with Crippen molar-refractivity contribution in [3.63, 3.8) is 0 Å². The number of benzene rings is 2. The number of sulfonamides is 1. The summed E-state index contributed by atoms with van der Waals surface area (Å²) in [5.41, 5.74) is -0.0640. The number of quaternary nitrogens is 1. The van der Waals surface area contributed by atoms with Gasteiger partial charge < -0.3 is 20.3 Å². The van der Waals surface area contributed by atoms with E-state index < -0.39 is 37.5 Å². The molecule has 0 saturated heterocycles. The van der Waals surface area contributed by atoms with Crippen LogP contribution in [0.1, 0.15) is 5.56 Å². The van der Waals surface area contributed by atoms with E-state index in [1.807, 2.05) is 0 Å². The van der Waals surface area contributed by atoms with E-state index in [1.54, 1.807) is 0 Å². The smallest absolute Gasteiger partial charge is 0.508 e. The van der Waals surface area contributed by atoms with E-state index in [0.717, 1.165) is 18.3 Å². The fourth-order valence-corrected chi connectivity index (χ4v) is 4.44. The summed E-state index contributed by atoms with van der Waals surface area (Å²) >= 11 is 0. The van der Waals surface area contributed by atoms with Gasteiger partial charge in [0.15, 0.2) is 10.7 Å². The third-order valence-corrected chi connectivity index (χ3v) is 6.02. The van der Waals surface area contributed by atoms with Gasteiger partial charge in [0.2, 0.25) is 0 Å². The second kappa shape index (κ2) is 5.31. The molecule has 7 nitrogen and oxygen atoms in total. The highest BCUT2D eigenvalue weighted by molar-refractivity contribution is 7.92. The summed E-state index contributed by atoms with van der Waals surface area (Å²) in [4.78, 5) is -0.825. The van der Waals surface area contributed by atoms with Crippen molar-refractivity contribution in [1.82, 2.24) is 3.80 Å². The maximum absolute atomic E-state index is 14.1. The number of halogens is 1. The first-order valence-electron chi connectivity index (χ1n) is 6.72. The molecule has 1 heterocycles. The van der Waals surface area contributed by atoms with Gasteiger partial charge in [0.25, 0.3) is 0 Å². The first kappa shape index (κ1) is 16.5. The number of rotatable bonds is 3. The molecule has 3 rings (SSSR count). The minimum absolute atomic E-state index is 0.0772. The predicted molar refractivity (Wildman–Crippen MR) is 84.4 cm³/mol. The molecule has 0 radical (unpaired) electrons. The van der Waals surface area contributed by atoms with Crippen molar-refractivity contribution < 1.29 is 33.1 Å².